The molecule has 0 unspecified atom stereocenters. The van der Waals surface area contributed by atoms with E-state index < -0.39 is 0 Å². The minimum Gasteiger partial charge on any atom is -0.362 e. The molecule has 1 aromatic heterocycles. The predicted molar refractivity (Wildman–Crippen MR) is 93.9 cm³/mol. The summed E-state index contributed by atoms with van der Waals surface area (Å²) in [5.74, 6) is 0. The first kappa shape index (κ1) is 14.5. The Morgan fingerprint density at radius 1 is 1.33 bits per heavy atom. The fourth-order valence-corrected chi connectivity index (χ4v) is 4.16. The van der Waals surface area contributed by atoms with E-state index in [9.17, 15) is 0 Å². The van der Waals surface area contributed by atoms with Crippen LogP contribution in [0.15, 0.2) is 41.8 Å². The van der Waals surface area contributed by atoms with Crippen LogP contribution in [0, 0.1) is 0 Å². The van der Waals surface area contributed by atoms with Crippen molar-refractivity contribution in [3.63, 3.8) is 0 Å². The molecule has 1 atom stereocenters. The molecule has 0 saturated heterocycles. The molecule has 2 heterocycles. The van der Waals surface area contributed by atoms with Crippen molar-refractivity contribution in [1.82, 2.24) is 10.2 Å². The lowest BCUT2D eigenvalue weighted by atomic mass is 10.0. The summed E-state index contributed by atoms with van der Waals surface area (Å²) in [6, 6.07) is 13.2. The average Bonchev–Trinajstić information content (AvgIpc) is 2.98. The average molecular weight is 316 g/mol. The second-order valence-electron chi connectivity index (χ2n) is 5.39. The number of fused-ring (bicyclic) bond motifs is 1. The first-order valence-corrected chi connectivity index (χ1v) is 8.69. The van der Waals surface area contributed by atoms with Crippen molar-refractivity contribution in [2.24, 2.45) is 0 Å². The van der Waals surface area contributed by atoms with Crippen molar-refractivity contribution in [2.75, 3.05) is 13.1 Å². The number of nitrogens with zero attached hydrogens (tertiary/aromatic N) is 1. The van der Waals surface area contributed by atoms with Gasteiger partial charge in [-0.05, 0) is 54.6 Å². The summed E-state index contributed by atoms with van der Waals surface area (Å²) in [6.45, 7) is 4.16. The maximum Gasteiger partial charge on any atom is 0.169 e. The van der Waals surface area contributed by atoms with E-state index in [0.29, 0.717) is 6.04 Å². The summed E-state index contributed by atoms with van der Waals surface area (Å²) in [7, 11) is 0. The van der Waals surface area contributed by atoms with E-state index in [-0.39, 0.29) is 0 Å². The van der Waals surface area contributed by atoms with Crippen molar-refractivity contribution in [3.05, 3.63) is 57.8 Å². The second-order valence-corrected chi connectivity index (χ2v) is 6.77. The number of nitrogens with one attached hydrogen (secondary N) is 1. The van der Waals surface area contributed by atoms with Gasteiger partial charge in [-0.1, -0.05) is 30.3 Å². The van der Waals surface area contributed by atoms with Gasteiger partial charge in [0.05, 0.1) is 6.04 Å². The highest BCUT2D eigenvalue weighted by Crippen LogP contribution is 2.32. The lowest BCUT2D eigenvalue weighted by molar-refractivity contribution is 0.317. The van der Waals surface area contributed by atoms with Gasteiger partial charge in [0.15, 0.2) is 5.11 Å². The number of rotatable bonds is 3. The highest BCUT2D eigenvalue weighted by Gasteiger charge is 2.26. The van der Waals surface area contributed by atoms with Gasteiger partial charge in [0.1, 0.15) is 0 Å². The Bertz CT molecular complexity index is 606. The van der Waals surface area contributed by atoms with Crippen LogP contribution in [-0.4, -0.2) is 23.1 Å². The van der Waals surface area contributed by atoms with E-state index in [2.05, 4.69) is 58.9 Å². The van der Waals surface area contributed by atoms with E-state index in [1.807, 2.05) is 11.3 Å². The van der Waals surface area contributed by atoms with Crippen LogP contribution in [0.2, 0.25) is 0 Å². The molecule has 1 aromatic carbocycles. The summed E-state index contributed by atoms with van der Waals surface area (Å²) in [5, 5.41) is 6.49. The molecule has 1 N–H and O–H groups in total. The largest absolute Gasteiger partial charge is 0.362 e. The van der Waals surface area contributed by atoms with Crippen LogP contribution in [0.1, 0.15) is 29.0 Å². The molecular formula is C17H20N2S2. The van der Waals surface area contributed by atoms with Gasteiger partial charge in [-0.2, -0.15) is 0 Å². The number of thiophene rings is 1. The lowest BCUT2D eigenvalue weighted by Gasteiger charge is -2.35. The highest BCUT2D eigenvalue weighted by molar-refractivity contribution is 7.80. The smallest absolute Gasteiger partial charge is 0.169 e. The molecule has 110 valence electrons. The summed E-state index contributed by atoms with van der Waals surface area (Å²) in [4.78, 5) is 3.83. The lowest BCUT2D eigenvalue weighted by Crippen LogP contribution is -2.44. The van der Waals surface area contributed by atoms with Crippen molar-refractivity contribution >= 4 is 28.7 Å². The molecule has 1 aliphatic heterocycles. The molecule has 0 aliphatic carbocycles. The molecule has 1 aliphatic rings. The Morgan fingerprint density at radius 3 is 2.95 bits per heavy atom. The van der Waals surface area contributed by atoms with Gasteiger partial charge in [0.25, 0.3) is 0 Å². The van der Waals surface area contributed by atoms with Crippen LogP contribution in [-0.2, 0) is 12.8 Å². The summed E-state index contributed by atoms with van der Waals surface area (Å²) >= 11 is 7.46. The molecule has 0 saturated carbocycles. The van der Waals surface area contributed by atoms with Crippen molar-refractivity contribution in [1.29, 1.82) is 0 Å². The van der Waals surface area contributed by atoms with E-state index >= 15 is 0 Å². The van der Waals surface area contributed by atoms with Gasteiger partial charge in [0.2, 0.25) is 0 Å². The molecule has 0 radical (unpaired) electrons. The fourth-order valence-electron chi connectivity index (χ4n) is 2.85. The Balaban J connectivity index is 1.54. The summed E-state index contributed by atoms with van der Waals surface area (Å²) in [6.07, 6.45) is 2.12. The van der Waals surface area contributed by atoms with Gasteiger partial charge >= 0.3 is 0 Å². The van der Waals surface area contributed by atoms with Crippen LogP contribution in [0.5, 0.6) is 0 Å². The monoisotopic (exact) mass is 316 g/mol. The normalized spacial score (nSPS) is 17.4. The Labute approximate surface area is 135 Å². The van der Waals surface area contributed by atoms with Gasteiger partial charge < -0.3 is 10.2 Å². The topological polar surface area (TPSA) is 15.3 Å². The zero-order chi connectivity index (χ0) is 14.7. The van der Waals surface area contributed by atoms with Gasteiger partial charge in [-0.25, -0.2) is 0 Å². The van der Waals surface area contributed by atoms with Crippen LogP contribution < -0.4 is 5.32 Å². The minimum atomic E-state index is 0.386. The van der Waals surface area contributed by atoms with Gasteiger partial charge in [-0.15, -0.1) is 11.3 Å². The van der Waals surface area contributed by atoms with Crippen molar-refractivity contribution < 1.29 is 0 Å². The molecule has 21 heavy (non-hydrogen) atoms. The van der Waals surface area contributed by atoms with Crippen LogP contribution in [0.3, 0.4) is 0 Å². The maximum absolute atomic E-state index is 5.59. The zero-order valence-electron chi connectivity index (χ0n) is 12.2. The number of thiocarbonyl (C=S) groups is 1. The molecule has 2 nitrogen and oxygen atoms in total. The van der Waals surface area contributed by atoms with E-state index in [1.54, 1.807) is 0 Å². The number of benzene rings is 1. The van der Waals surface area contributed by atoms with Crippen molar-refractivity contribution in [2.45, 2.75) is 25.8 Å². The third-order valence-corrected chi connectivity index (χ3v) is 5.45. The zero-order valence-corrected chi connectivity index (χ0v) is 13.8. The maximum atomic E-state index is 5.59. The second kappa shape index (κ2) is 6.58. The minimum absolute atomic E-state index is 0.386. The highest BCUT2D eigenvalue weighted by atomic mass is 32.1. The number of hydrogen-bond acceptors (Lipinski definition) is 2. The molecule has 0 amide bonds. The Kier molecular flexibility index (Phi) is 4.56. The van der Waals surface area contributed by atoms with E-state index in [4.69, 9.17) is 12.2 Å². The van der Waals surface area contributed by atoms with Crippen LogP contribution in [0.25, 0.3) is 0 Å². The molecule has 4 heteroatoms. The summed E-state index contributed by atoms with van der Waals surface area (Å²) in [5.41, 5.74) is 2.79. The summed E-state index contributed by atoms with van der Waals surface area (Å²) < 4.78 is 0. The molecular weight excluding hydrogens is 296 g/mol. The quantitative estimate of drug-likeness (QED) is 0.868. The molecule has 0 fully saturated rings. The third kappa shape index (κ3) is 3.27. The predicted octanol–water partition coefficient (Wildman–Crippen LogP) is 3.78. The Hall–Kier alpha value is -1.39. The fraction of sp³-hybridized carbons (Fsp3) is 0.353. The van der Waals surface area contributed by atoms with Gasteiger partial charge in [0, 0.05) is 18.0 Å². The Morgan fingerprint density at radius 2 is 2.14 bits per heavy atom. The first-order chi connectivity index (χ1) is 10.3. The van der Waals surface area contributed by atoms with Crippen molar-refractivity contribution in [3.8, 4) is 0 Å². The third-order valence-electron chi connectivity index (χ3n) is 4.07. The molecule has 2 aromatic rings. The van der Waals surface area contributed by atoms with Crippen LogP contribution in [0.4, 0.5) is 0 Å². The van der Waals surface area contributed by atoms with Crippen LogP contribution >= 0.6 is 23.6 Å². The van der Waals surface area contributed by atoms with E-state index in [1.165, 1.54) is 16.0 Å². The standard InChI is InChI=1S/C17H20N2S2/c1-13-15-9-12-21-16(15)8-11-19(13)17(20)18-10-7-14-5-3-2-4-6-14/h2-6,9,12-13H,7-8,10-11H2,1H3,(H,18,20)/t13-/m0/s1. The SMILES string of the molecule is C[C@H]1c2ccsc2CCN1C(=S)NCCc1ccccc1. The first-order valence-electron chi connectivity index (χ1n) is 7.40. The van der Waals surface area contributed by atoms with E-state index in [0.717, 1.165) is 31.0 Å². The number of hydrogen-bond donors (Lipinski definition) is 1. The molecule has 0 bridgehead atoms. The molecule has 0 spiro atoms. The molecule has 3 rings (SSSR count). The van der Waals surface area contributed by atoms with Gasteiger partial charge in [-0.3, -0.25) is 0 Å².